The van der Waals surface area contributed by atoms with Crippen molar-refractivity contribution in [1.82, 2.24) is 4.57 Å². The predicted molar refractivity (Wildman–Crippen MR) is 101 cm³/mol. The number of anilines is 1. The van der Waals surface area contributed by atoms with Crippen molar-refractivity contribution in [3.8, 4) is 11.4 Å². The van der Waals surface area contributed by atoms with Gasteiger partial charge in [-0.05, 0) is 62.4 Å². The average molecular weight is 355 g/mol. The van der Waals surface area contributed by atoms with Crippen LogP contribution < -0.4 is 10.1 Å². The van der Waals surface area contributed by atoms with Crippen molar-refractivity contribution in [2.75, 3.05) is 12.4 Å². The van der Waals surface area contributed by atoms with E-state index in [0.717, 1.165) is 17.1 Å². The maximum Gasteiger partial charge on any atom is 0.255 e. The van der Waals surface area contributed by atoms with Gasteiger partial charge in [0.05, 0.1) is 12.8 Å². The van der Waals surface area contributed by atoms with Gasteiger partial charge in [-0.3, -0.25) is 4.79 Å². The first-order valence-corrected chi connectivity index (χ1v) is 8.27. The number of methoxy groups -OCH3 is 1. The quantitative estimate of drug-likeness (QED) is 0.715. The SMILES string of the molecule is COc1ccc(Cl)cc1NC(=O)c1cccc(-n2c(C)ccc2C)c1. The Labute approximate surface area is 152 Å². The number of hydrogen-bond donors (Lipinski definition) is 1. The minimum absolute atomic E-state index is 0.218. The van der Waals surface area contributed by atoms with E-state index in [1.807, 2.05) is 32.0 Å². The van der Waals surface area contributed by atoms with Gasteiger partial charge in [-0.1, -0.05) is 17.7 Å². The van der Waals surface area contributed by atoms with E-state index in [4.69, 9.17) is 16.3 Å². The molecule has 0 aliphatic carbocycles. The van der Waals surface area contributed by atoms with Crippen LogP contribution in [0.4, 0.5) is 5.69 Å². The second-order valence-corrected chi connectivity index (χ2v) is 6.24. The molecule has 0 aliphatic heterocycles. The molecule has 2 aromatic carbocycles. The average Bonchev–Trinajstić information content (AvgIpc) is 2.94. The molecule has 0 saturated carbocycles. The molecule has 0 spiro atoms. The number of hydrogen-bond acceptors (Lipinski definition) is 2. The third kappa shape index (κ3) is 3.54. The Hall–Kier alpha value is -2.72. The Morgan fingerprint density at radius 3 is 2.44 bits per heavy atom. The summed E-state index contributed by atoms with van der Waals surface area (Å²) in [5.74, 6) is 0.343. The van der Waals surface area contributed by atoms with E-state index in [2.05, 4.69) is 22.0 Å². The molecule has 128 valence electrons. The van der Waals surface area contributed by atoms with Gasteiger partial charge in [0.25, 0.3) is 5.91 Å². The molecule has 4 nitrogen and oxygen atoms in total. The highest BCUT2D eigenvalue weighted by atomic mass is 35.5. The minimum atomic E-state index is -0.218. The van der Waals surface area contributed by atoms with Crippen molar-refractivity contribution in [3.05, 3.63) is 76.6 Å². The van der Waals surface area contributed by atoms with Gasteiger partial charge in [-0.25, -0.2) is 0 Å². The van der Waals surface area contributed by atoms with Crippen LogP contribution >= 0.6 is 11.6 Å². The zero-order chi connectivity index (χ0) is 18.0. The Bertz CT molecular complexity index is 912. The molecule has 0 unspecified atom stereocenters. The molecule has 1 N–H and O–H groups in total. The number of amides is 1. The summed E-state index contributed by atoms with van der Waals surface area (Å²) in [5, 5.41) is 3.39. The third-order valence-corrected chi connectivity index (χ3v) is 4.28. The summed E-state index contributed by atoms with van der Waals surface area (Å²) in [7, 11) is 1.55. The number of carbonyl (C=O) groups is 1. The van der Waals surface area contributed by atoms with Crippen molar-refractivity contribution < 1.29 is 9.53 Å². The molecule has 25 heavy (non-hydrogen) atoms. The van der Waals surface area contributed by atoms with Crippen molar-refractivity contribution in [3.63, 3.8) is 0 Å². The molecular formula is C20H19ClN2O2. The van der Waals surface area contributed by atoms with E-state index in [9.17, 15) is 4.79 Å². The maximum atomic E-state index is 12.7. The van der Waals surface area contributed by atoms with Crippen molar-refractivity contribution >= 4 is 23.2 Å². The van der Waals surface area contributed by atoms with E-state index < -0.39 is 0 Å². The number of halogens is 1. The lowest BCUT2D eigenvalue weighted by Gasteiger charge is -2.13. The summed E-state index contributed by atoms with van der Waals surface area (Å²) in [6, 6.07) is 16.7. The van der Waals surface area contributed by atoms with Crippen LogP contribution in [-0.2, 0) is 0 Å². The fourth-order valence-electron chi connectivity index (χ4n) is 2.83. The molecular weight excluding hydrogens is 336 g/mol. The lowest BCUT2D eigenvalue weighted by molar-refractivity contribution is 0.102. The second-order valence-electron chi connectivity index (χ2n) is 5.80. The van der Waals surface area contributed by atoms with E-state index in [0.29, 0.717) is 22.0 Å². The number of aryl methyl sites for hydroxylation is 2. The molecule has 1 aromatic heterocycles. The molecule has 3 aromatic rings. The van der Waals surface area contributed by atoms with Crippen molar-refractivity contribution in [2.45, 2.75) is 13.8 Å². The van der Waals surface area contributed by atoms with Crippen molar-refractivity contribution in [2.24, 2.45) is 0 Å². The molecule has 5 heteroatoms. The first-order chi connectivity index (χ1) is 12.0. The monoisotopic (exact) mass is 354 g/mol. The summed E-state index contributed by atoms with van der Waals surface area (Å²) in [4.78, 5) is 12.7. The number of aromatic nitrogens is 1. The fourth-order valence-corrected chi connectivity index (χ4v) is 3.01. The molecule has 1 amide bonds. The summed E-state index contributed by atoms with van der Waals surface area (Å²) >= 11 is 6.02. The van der Waals surface area contributed by atoms with Crippen molar-refractivity contribution in [1.29, 1.82) is 0 Å². The van der Waals surface area contributed by atoms with Crippen LogP contribution in [0.15, 0.2) is 54.6 Å². The van der Waals surface area contributed by atoms with Gasteiger partial charge in [0.2, 0.25) is 0 Å². The highest BCUT2D eigenvalue weighted by molar-refractivity contribution is 6.31. The van der Waals surface area contributed by atoms with Gasteiger partial charge in [0.1, 0.15) is 5.75 Å². The van der Waals surface area contributed by atoms with E-state index >= 15 is 0 Å². The first-order valence-electron chi connectivity index (χ1n) is 7.90. The number of ether oxygens (including phenoxy) is 1. The zero-order valence-electron chi connectivity index (χ0n) is 14.3. The summed E-state index contributed by atoms with van der Waals surface area (Å²) in [6.07, 6.45) is 0. The lowest BCUT2D eigenvalue weighted by atomic mass is 10.1. The Kier molecular flexibility index (Phi) is 4.81. The highest BCUT2D eigenvalue weighted by Crippen LogP contribution is 2.28. The van der Waals surface area contributed by atoms with Gasteiger partial charge in [0.15, 0.2) is 0 Å². The standard InChI is InChI=1S/C20H19ClN2O2/c1-13-7-8-14(2)23(13)17-6-4-5-15(11-17)20(24)22-18-12-16(21)9-10-19(18)25-3/h4-12H,1-3H3,(H,22,24). The Morgan fingerprint density at radius 1 is 1.04 bits per heavy atom. The minimum Gasteiger partial charge on any atom is -0.495 e. The summed E-state index contributed by atoms with van der Waals surface area (Å²) in [6.45, 7) is 4.08. The van der Waals surface area contributed by atoms with Crippen LogP contribution in [0.1, 0.15) is 21.7 Å². The second kappa shape index (κ2) is 7.03. The fraction of sp³-hybridized carbons (Fsp3) is 0.150. The normalized spacial score (nSPS) is 10.6. The molecule has 0 radical (unpaired) electrons. The van der Waals surface area contributed by atoms with Crippen LogP contribution in [0.2, 0.25) is 5.02 Å². The maximum absolute atomic E-state index is 12.7. The predicted octanol–water partition coefficient (Wildman–Crippen LogP) is 5.01. The van der Waals surface area contributed by atoms with Gasteiger partial charge in [0, 0.05) is 27.7 Å². The van der Waals surface area contributed by atoms with Crippen LogP contribution in [0.3, 0.4) is 0 Å². The van der Waals surface area contributed by atoms with Crippen LogP contribution in [0.25, 0.3) is 5.69 Å². The number of rotatable bonds is 4. The largest absolute Gasteiger partial charge is 0.495 e. The lowest BCUT2D eigenvalue weighted by Crippen LogP contribution is -2.13. The number of nitrogens with zero attached hydrogens (tertiary/aromatic N) is 1. The molecule has 0 aliphatic rings. The van der Waals surface area contributed by atoms with Gasteiger partial charge >= 0.3 is 0 Å². The molecule has 1 heterocycles. The Balaban J connectivity index is 1.92. The van der Waals surface area contributed by atoms with Crippen LogP contribution in [-0.4, -0.2) is 17.6 Å². The first kappa shape index (κ1) is 17.1. The van der Waals surface area contributed by atoms with Gasteiger partial charge in [-0.2, -0.15) is 0 Å². The zero-order valence-corrected chi connectivity index (χ0v) is 15.1. The van der Waals surface area contributed by atoms with Crippen LogP contribution in [0.5, 0.6) is 5.75 Å². The molecule has 0 fully saturated rings. The Morgan fingerprint density at radius 2 is 1.76 bits per heavy atom. The molecule has 0 bridgehead atoms. The third-order valence-electron chi connectivity index (χ3n) is 4.05. The summed E-state index contributed by atoms with van der Waals surface area (Å²) in [5.41, 5.74) is 4.29. The smallest absolute Gasteiger partial charge is 0.255 e. The molecule has 0 saturated heterocycles. The van der Waals surface area contributed by atoms with Gasteiger partial charge < -0.3 is 14.6 Å². The van der Waals surface area contributed by atoms with Crippen LogP contribution in [0, 0.1) is 13.8 Å². The number of benzene rings is 2. The van der Waals surface area contributed by atoms with E-state index in [1.54, 1.807) is 31.4 Å². The topological polar surface area (TPSA) is 43.3 Å². The molecule has 0 atom stereocenters. The van der Waals surface area contributed by atoms with E-state index in [-0.39, 0.29) is 5.91 Å². The number of nitrogens with one attached hydrogen (secondary N) is 1. The van der Waals surface area contributed by atoms with E-state index in [1.165, 1.54) is 0 Å². The summed E-state index contributed by atoms with van der Waals surface area (Å²) < 4.78 is 7.38. The molecule has 3 rings (SSSR count). The number of carbonyl (C=O) groups excluding carboxylic acids is 1. The van der Waals surface area contributed by atoms with Gasteiger partial charge in [-0.15, -0.1) is 0 Å². The highest BCUT2D eigenvalue weighted by Gasteiger charge is 2.12.